The van der Waals surface area contributed by atoms with Crippen molar-refractivity contribution in [3.8, 4) is 5.75 Å². The molecule has 0 bridgehead atoms. The Hall–Kier alpha value is -1.78. The molecule has 0 aliphatic carbocycles. The summed E-state index contributed by atoms with van der Waals surface area (Å²) < 4.78 is 1.35. The number of nitrogens with zero attached hydrogens (tertiary/aromatic N) is 1. The lowest BCUT2D eigenvalue weighted by Gasteiger charge is -2.10. The van der Waals surface area contributed by atoms with Crippen LogP contribution in [-0.2, 0) is 6.54 Å². The van der Waals surface area contributed by atoms with Crippen LogP contribution in [0.15, 0.2) is 10.9 Å². The van der Waals surface area contributed by atoms with Gasteiger partial charge >= 0.3 is 5.97 Å². The first-order valence-electron chi connectivity index (χ1n) is 4.65. The van der Waals surface area contributed by atoms with Crippen LogP contribution in [0.3, 0.4) is 0 Å². The Labute approximate surface area is 86.6 Å². The first kappa shape index (κ1) is 11.3. The van der Waals surface area contributed by atoms with E-state index in [0.29, 0.717) is 12.2 Å². The summed E-state index contributed by atoms with van der Waals surface area (Å²) in [6.07, 6.45) is 0.727. The number of carboxylic acid groups (broad SMARTS) is 1. The van der Waals surface area contributed by atoms with Crippen LogP contribution in [0.2, 0.25) is 0 Å². The third-order valence-electron chi connectivity index (χ3n) is 2.15. The molecule has 2 N–H and O–H groups in total. The average molecular weight is 211 g/mol. The highest BCUT2D eigenvalue weighted by Gasteiger charge is 2.17. The minimum Gasteiger partial charge on any atom is -0.507 e. The van der Waals surface area contributed by atoms with E-state index in [9.17, 15) is 14.7 Å². The van der Waals surface area contributed by atoms with Gasteiger partial charge in [-0.15, -0.1) is 0 Å². The van der Waals surface area contributed by atoms with Gasteiger partial charge in [-0.3, -0.25) is 4.79 Å². The van der Waals surface area contributed by atoms with Crippen molar-refractivity contribution < 1.29 is 15.0 Å². The Morgan fingerprint density at radius 3 is 2.60 bits per heavy atom. The number of rotatable bonds is 3. The maximum absolute atomic E-state index is 11.7. The molecule has 0 aliphatic heterocycles. The summed E-state index contributed by atoms with van der Waals surface area (Å²) >= 11 is 0. The minimum atomic E-state index is -1.40. The Kier molecular flexibility index (Phi) is 3.14. The molecule has 0 amide bonds. The molecule has 0 atom stereocenters. The molecular weight excluding hydrogens is 198 g/mol. The summed E-state index contributed by atoms with van der Waals surface area (Å²) in [6, 6.07) is 1.29. The van der Waals surface area contributed by atoms with E-state index >= 15 is 0 Å². The van der Waals surface area contributed by atoms with Crippen LogP contribution in [0, 0.1) is 6.92 Å². The Morgan fingerprint density at radius 1 is 1.53 bits per heavy atom. The molecule has 5 heteroatoms. The van der Waals surface area contributed by atoms with Gasteiger partial charge in [-0.2, -0.15) is 0 Å². The normalized spacial score (nSPS) is 10.3. The number of aryl methyl sites for hydroxylation is 1. The number of hydrogen-bond acceptors (Lipinski definition) is 3. The van der Waals surface area contributed by atoms with Crippen LogP contribution >= 0.6 is 0 Å². The molecule has 0 fully saturated rings. The molecule has 0 radical (unpaired) electrons. The van der Waals surface area contributed by atoms with E-state index in [4.69, 9.17) is 5.11 Å². The molecule has 0 saturated heterocycles. The van der Waals surface area contributed by atoms with Crippen molar-refractivity contribution in [2.45, 2.75) is 26.8 Å². The third kappa shape index (κ3) is 2.01. The maximum Gasteiger partial charge on any atom is 0.345 e. The molecule has 0 aliphatic rings. The van der Waals surface area contributed by atoms with Gasteiger partial charge in [0.15, 0.2) is 5.56 Å². The van der Waals surface area contributed by atoms with Gasteiger partial charge < -0.3 is 14.8 Å². The topological polar surface area (TPSA) is 79.5 Å². The third-order valence-corrected chi connectivity index (χ3v) is 2.15. The number of aromatic hydroxyl groups is 1. The summed E-state index contributed by atoms with van der Waals surface area (Å²) in [6.45, 7) is 3.99. The summed E-state index contributed by atoms with van der Waals surface area (Å²) in [5.74, 6) is -1.88. The van der Waals surface area contributed by atoms with Crippen molar-refractivity contribution in [3.63, 3.8) is 0 Å². The van der Waals surface area contributed by atoms with E-state index in [2.05, 4.69) is 0 Å². The van der Waals surface area contributed by atoms with E-state index in [1.54, 1.807) is 6.92 Å². The van der Waals surface area contributed by atoms with Crippen LogP contribution < -0.4 is 5.56 Å². The Bertz CT molecular complexity index is 447. The number of hydrogen-bond donors (Lipinski definition) is 2. The molecule has 0 spiro atoms. The van der Waals surface area contributed by atoms with Gasteiger partial charge in [-0.25, -0.2) is 4.79 Å². The standard InChI is InChI=1S/C10H13NO4/c1-3-4-11-6(2)5-7(12)8(9(11)13)10(14)15/h5,12H,3-4H2,1-2H3,(H,14,15). The number of aromatic carboxylic acids is 1. The fourth-order valence-electron chi connectivity index (χ4n) is 1.46. The van der Waals surface area contributed by atoms with Gasteiger partial charge in [-0.05, 0) is 13.3 Å². The lowest BCUT2D eigenvalue weighted by molar-refractivity contribution is 0.0691. The second kappa shape index (κ2) is 4.16. The van der Waals surface area contributed by atoms with E-state index in [0.717, 1.165) is 6.42 Å². The molecule has 1 aromatic rings. The second-order valence-electron chi connectivity index (χ2n) is 3.31. The zero-order valence-electron chi connectivity index (χ0n) is 8.65. The Morgan fingerprint density at radius 2 is 2.13 bits per heavy atom. The minimum absolute atomic E-state index is 0.450. The number of carboxylic acids is 1. The number of pyridine rings is 1. The molecular formula is C10H13NO4. The van der Waals surface area contributed by atoms with Gasteiger partial charge in [0, 0.05) is 18.3 Å². The fourth-order valence-corrected chi connectivity index (χ4v) is 1.46. The lowest BCUT2D eigenvalue weighted by atomic mass is 10.2. The highest BCUT2D eigenvalue weighted by atomic mass is 16.4. The van der Waals surface area contributed by atoms with E-state index < -0.39 is 22.8 Å². The molecule has 82 valence electrons. The van der Waals surface area contributed by atoms with Crippen molar-refractivity contribution in [2.24, 2.45) is 0 Å². The molecule has 1 rings (SSSR count). The zero-order chi connectivity index (χ0) is 11.6. The van der Waals surface area contributed by atoms with Crippen molar-refractivity contribution >= 4 is 5.97 Å². The average Bonchev–Trinajstić information content (AvgIpc) is 2.11. The quantitative estimate of drug-likeness (QED) is 0.780. The van der Waals surface area contributed by atoms with Gasteiger partial charge in [0.2, 0.25) is 0 Å². The molecule has 0 unspecified atom stereocenters. The predicted molar refractivity (Wildman–Crippen MR) is 54.4 cm³/mol. The van der Waals surface area contributed by atoms with Crippen LogP contribution in [0.1, 0.15) is 29.4 Å². The summed E-state index contributed by atoms with van der Waals surface area (Å²) in [5, 5.41) is 18.1. The predicted octanol–water partition coefficient (Wildman–Crippen LogP) is 0.971. The largest absolute Gasteiger partial charge is 0.507 e. The van der Waals surface area contributed by atoms with E-state index in [1.165, 1.54) is 10.6 Å². The van der Waals surface area contributed by atoms with Crippen LogP contribution in [0.4, 0.5) is 0 Å². The number of carbonyl (C=O) groups is 1. The summed E-state index contributed by atoms with van der Waals surface area (Å²) in [7, 11) is 0. The molecule has 0 aromatic carbocycles. The highest BCUT2D eigenvalue weighted by molar-refractivity contribution is 5.90. The summed E-state index contributed by atoms with van der Waals surface area (Å²) in [5.41, 5.74) is -0.653. The van der Waals surface area contributed by atoms with E-state index in [1.807, 2.05) is 6.92 Å². The molecule has 1 heterocycles. The Balaban J connectivity index is 3.49. The van der Waals surface area contributed by atoms with Crippen LogP contribution in [0.5, 0.6) is 5.75 Å². The van der Waals surface area contributed by atoms with Gasteiger partial charge in [0.05, 0.1) is 0 Å². The van der Waals surface area contributed by atoms with Crippen molar-refractivity contribution in [1.82, 2.24) is 4.57 Å². The molecule has 5 nitrogen and oxygen atoms in total. The summed E-state index contributed by atoms with van der Waals surface area (Å²) in [4.78, 5) is 22.4. The number of aromatic nitrogens is 1. The van der Waals surface area contributed by atoms with Crippen molar-refractivity contribution in [2.75, 3.05) is 0 Å². The SMILES string of the molecule is CCCn1c(C)cc(O)c(C(=O)O)c1=O. The molecule has 0 saturated carbocycles. The second-order valence-corrected chi connectivity index (χ2v) is 3.31. The van der Waals surface area contributed by atoms with Gasteiger partial charge in [-0.1, -0.05) is 6.92 Å². The van der Waals surface area contributed by atoms with E-state index in [-0.39, 0.29) is 0 Å². The zero-order valence-corrected chi connectivity index (χ0v) is 8.65. The van der Waals surface area contributed by atoms with Crippen molar-refractivity contribution in [1.29, 1.82) is 0 Å². The van der Waals surface area contributed by atoms with Crippen LogP contribution in [-0.4, -0.2) is 20.7 Å². The monoisotopic (exact) mass is 211 g/mol. The van der Waals surface area contributed by atoms with Crippen molar-refractivity contribution in [3.05, 3.63) is 27.7 Å². The molecule has 1 aromatic heterocycles. The lowest BCUT2D eigenvalue weighted by Crippen LogP contribution is -2.28. The fraction of sp³-hybridized carbons (Fsp3) is 0.400. The van der Waals surface area contributed by atoms with Crippen LogP contribution in [0.25, 0.3) is 0 Å². The highest BCUT2D eigenvalue weighted by Crippen LogP contribution is 2.14. The first-order chi connectivity index (χ1) is 6.99. The maximum atomic E-state index is 11.7. The first-order valence-corrected chi connectivity index (χ1v) is 4.65. The van der Waals surface area contributed by atoms with Gasteiger partial charge in [0.25, 0.3) is 5.56 Å². The molecule has 15 heavy (non-hydrogen) atoms. The smallest absolute Gasteiger partial charge is 0.345 e. The van der Waals surface area contributed by atoms with Gasteiger partial charge in [0.1, 0.15) is 5.75 Å².